The number of likely N-dealkylation sites (tertiary alicyclic amines) is 1. The molecule has 9 heteroatoms. The number of aromatic nitrogens is 3. The summed E-state index contributed by atoms with van der Waals surface area (Å²) in [5.74, 6) is 1.31. The number of amides is 1. The summed E-state index contributed by atoms with van der Waals surface area (Å²) in [6.07, 6.45) is 2.32. The number of para-hydroxylation sites is 1. The summed E-state index contributed by atoms with van der Waals surface area (Å²) < 4.78 is 7.68. The molecular formula is C23H26ClN5O2S. The molecule has 2 heterocycles. The Morgan fingerprint density at radius 2 is 1.94 bits per heavy atom. The molecule has 1 fully saturated rings. The van der Waals surface area contributed by atoms with Crippen LogP contribution < -0.4 is 10.1 Å². The first-order valence-corrected chi connectivity index (χ1v) is 11.4. The number of methoxy groups -OCH3 is 1. The predicted octanol–water partition coefficient (Wildman–Crippen LogP) is 4.22. The first-order chi connectivity index (χ1) is 15.6. The Balaban J connectivity index is 1.49. The number of carbonyl (C=O) groups excluding carboxylic acids is 1. The number of benzene rings is 2. The lowest BCUT2D eigenvalue weighted by Crippen LogP contribution is -2.38. The van der Waals surface area contributed by atoms with Crippen LogP contribution in [0.4, 0.5) is 0 Å². The minimum atomic E-state index is -0.128. The van der Waals surface area contributed by atoms with E-state index in [4.69, 9.17) is 28.6 Å². The van der Waals surface area contributed by atoms with Gasteiger partial charge in [-0.25, -0.2) is 0 Å². The molecular weight excluding hydrogens is 446 g/mol. The number of hydrogen-bond acceptors (Lipinski definition) is 5. The third-order valence-corrected chi connectivity index (χ3v) is 6.30. The first-order valence-electron chi connectivity index (χ1n) is 10.6. The minimum absolute atomic E-state index is 0.0469. The van der Waals surface area contributed by atoms with E-state index in [1.165, 1.54) is 0 Å². The second-order valence-electron chi connectivity index (χ2n) is 7.75. The standard InChI is InChI=1S/C23H26ClN5O2S/c1-31-20-7-3-2-6-18(20)19(28-12-4-5-13-28)14-25-21(30)15-29-22(26-27-23(29)32)16-8-10-17(24)11-9-16/h2-3,6-11,19H,4-5,12-15H2,1H3,(H,25,30)(H,27,32). The number of rotatable bonds is 8. The van der Waals surface area contributed by atoms with Gasteiger partial charge in [0.15, 0.2) is 10.6 Å². The number of carbonyl (C=O) groups is 1. The van der Waals surface area contributed by atoms with E-state index in [1.54, 1.807) is 23.8 Å². The summed E-state index contributed by atoms with van der Waals surface area (Å²) in [5.41, 5.74) is 1.91. The van der Waals surface area contributed by atoms with Crippen LogP contribution in [-0.4, -0.2) is 52.3 Å². The Kier molecular flexibility index (Phi) is 7.24. The maximum absolute atomic E-state index is 12.9. The number of halogens is 1. The second kappa shape index (κ2) is 10.3. The van der Waals surface area contributed by atoms with Gasteiger partial charge in [0.1, 0.15) is 12.3 Å². The van der Waals surface area contributed by atoms with Crippen molar-refractivity contribution in [2.45, 2.75) is 25.4 Å². The number of nitrogens with zero attached hydrogens (tertiary/aromatic N) is 3. The van der Waals surface area contributed by atoms with Crippen LogP contribution in [0.1, 0.15) is 24.4 Å². The number of hydrogen-bond donors (Lipinski definition) is 2. The van der Waals surface area contributed by atoms with Crippen molar-refractivity contribution < 1.29 is 9.53 Å². The van der Waals surface area contributed by atoms with E-state index >= 15 is 0 Å². The fraction of sp³-hybridized carbons (Fsp3) is 0.348. The summed E-state index contributed by atoms with van der Waals surface area (Å²) in [6, 6.07) is 15.3. The Morgan fingerprint density at radius 3 is 2.66 bits per heavy atom. The van der Waals surface area contributed by atoms with Crippen LogP contribution in [-0.2, 0) is 11.3 Å². The van der Waals surface area contributed by atoms with E-state index in [9.17, 15) is 4.79 Å². The third kappa shape index (κ3) is 5.03. The van der Waals surface area contributed by atoms with Crippen LogP contribution in [0.2, 0.25) is 5.02 Å². The maximum Gasteiger partial charge on any atom is 0.240 e. The SMILES string of the molecule is COc1ccccc1C(CNC(=O)Cn1c(-c2ccc(Cl)cc2)n[nH]c1=S)N1CCCC1. The van der Waals surface area contributed by atoms with Crippen molar-refractivity contribution in [3.63, 3.8) is 0 Å². The summed E-state index contributed by atoms with van der Waals surface area (Å²) >= 11 is 11.4. The van der Waals surface area contributed by atoms with E-state index in [1.807, 2.05) is 30.3 Å². The molecule has 1 unspecified atom stereocenters. The Morgan fingerprint density at radius 1 is 1.22 bits per heavy atom. The highest BCUT2D eigenvalue weighted by molar-refractivity contribution is 7.71. The van der Waals surface area contributed by atoms with E-state index in [0.29, 0.717) is 22.2 Å². The molecule has 0 bridgehead atoms. The molecule has 1 atom stereocenters. The average Bonchev–Trinajstić information content (AvgIpc) is 3.46. The number of nitrogens with one attached hydrogen (secondary N) is 2. The van der Waals surface area contributed by atoms with Crippen molar-refractivity contribution in [1.29, 1.82) is 0 Å². The molecule has 2 N–H and O–H groups in total. The van der Waals surface area contributed by atoms with Crippen molar-refractivity contribution in [3.05, 3.63) is 63.9 Å². The van der Waals surface area contributed by atoms with Crippen LogP contribution in [0.5, 0.6) is 5.75 Å². The third-order valence-electron chi connectivity index (χ3n) is 5.73. The van der Waals surface area contributed by atoms with Crippen molar-refractivity contribution >= 4 is 29.7 Å². The van der Waals surface area contributed by atoms with Crippen LogP contribution in [0, 0.1) is 4.77 Å². The zero-order chi connectivity index (χ0) is 22.5. The Bertz CT molecular complexity index is 1120. The lowest BCUT2D eigenvalue weighted by molar-refractivity contribution is -0.121. The molecule has 1 saturated heterocycles. The van der Waals surface area contributed by atoms with E-state index in [0.717, 1.165) is 42.8 Å². The van der Waals surface area contributed by atoms with E-state index in [2.05, 4.69) is 26.5 Å². The lowest BCUT2D eigenvalue weighted by Gasteiger charge is -2.29. The van der Waals surface area contributed by atoms with Crippen molar-refractivity contribution in [3.8, 4) is 17.1 Å². The molecule has 0 saturated carbocycles. The summed E-state index contributed by atoms with van der Waals surface area (Å²) in [7, 11) is 1.68. The van der Waals surface area contributed by atoms with Gasteiger partial charge >= 0.3 is 0 Å². The van der Waals surface area contributed by atoms with Gasteiger partial charge in [-0.05, 0) is 68.5 Å². The molecule has 0 radical (unpaired) electrons. The van der Waals surface area contributed by atoms with E-state index in [-0.39, 0.29) is 18.5 Å². The van der Waals surface area contributed by atoms with Gasteiger partial charge in [0.05, 0.1) is 13.2 Å². The normalized spacial score (nSPS) is 14.9. The van der Waals surface area contributed by atoms with Crippen LogP contribution in [0.15, 0.2) is 48.5 Å². The second-order valence-corrected chi connectivity index (χ2v) is 8.57. The largest absolute Gasteiger partial charge is 0.496 e. The first kappa shape index (κ1) is 22.5. The van der Waals surface area contributed by atoms with Crippen LogP contribution >= 0.6 is 23.8 Å². The zero-order valence-corrected chi connectivity index (χ0v) is 19.5. The van der Waals surface area contributed by atoms with Crippen molar-refractivity contribution in [2.24, 2.45) is 0 Å². The monoisotopic (exact) mass is 471 g/mol. The maximum atomic E-state index is 12.9. The van der Waals surface area contributed by atoms with Gasteiger partial charge in [-0.15, -0.1) is 0 Å². The van der Waals surface area contributed by atoms with Crippen molar-refractivity contribution in [1.82, 2.24) is 25.0 Å². The molecule has 32 heavy (non-hydrogen) atoms. The lowest BCUT2D eigenvalue weighted by atomic mass is 10.0. The number of H-pyrrole nitrogens is 1. The Labute approximate surface area is 197 Å². The van der Waals surface area contributed by atoms with Crippen LogP contribution in [0.3, 0.4) is 0 Å². The topological polar surface area (TPSA) is 75.2 Å². The van der Waals surface area contributed by atoms with Gasteiger partial charge in [0.2, 0.25) is 5.91 Å². The van der Waals surface area contributed by atoms with Gasteiger partial charge < -0.3 is 10.1 Å². The van der Waals surface area contributed by atoms with Gasteiger partial charge in [-0.2, -0.15) is 5.10 Å². The fourth-order valence-electron chi connectivity index (χ4n) is 4.12. The molecule has 7 nitrogen and oxygen atoms in total. The molecule has 1 aromatic heterocycles. The molecule has 1 amide bonds. The highest BCUT2D eigenvalue weighted by atomic mass is 35.5. The molecule has 2 aromatic carbocycles. The quantitative estimate of drug-likeness (QED) is 0.481. The highest BCUT2D eigenvalue weighted by Gasteiger charge is 2.26. The van der Waals surface area contributed by atoms with Crippen molar-refractivity contribution in [2.75, 3.05) is 26.7 Å². The molecule has 0 aliphatic carbocycles. The minimum Gasteiger partial charge on any atom is -0.496 e. The van der Waals surface area contributed by atoms with Gasteiger partial charge in [0, 0.05) is 22.7 Å². The smallest absolute Gasteiger partial charge is 0.240 e. The summed E-state index contributed by atoms with van der Waals surface area (Å²) in [4.78, 5) is 15.3. The highest BCUT2D eigenvalue weighted by Crippen LogP contribution is 2.31. The molecule has 0 spiro atoms. The zero-order valence-electron chi connectivity index (χ0n) is 17.9. The number of ether oxygens (including phenoxy) is 1. The predicted molar refractivity (Wildman–Crippen MR) is 127 cm³/mol. The molecule has 4 rings (SSSR count). The summed E-state index contributed by atoms with van der Waals surface area (Å²) in [5, 5.41) is 10.8. The summed E-state index contributed by atoms with van der Waals surface area (Å²) in [6.45, 7) is 2.57. The molecule has 3 aromatic rings. The molecule has 1 aliphatic heterocycles. The van der Waals surface area contributed by atoms with Gasteiger partial charge in [-0.1, -0.05) is 29.8 Å². The molecule has 168 valence electrons. The van der Waals surface area contributed by atoms with Crippen LogP contribution in [0.25, 0.3) is 11.4 Å². The molecule has 1 aliphatic rings. The average molecular weight is 472 g/mol. The fourth-order valence-corrected chi connectivity index (χ4v) is 4.45. The van der Waals surface area contributed by atoms with Gasteiger partial charge in [-0.3, -0.25) is 19.4 Å². The Hall–Kier alpha value is -2.68. The van der Waals surface area contributed by atoms with Gasteiger partial charge in [0.25, 0.3) is 0 Å². The number of aromatic amines is 1. The van der Waals surface area contributed by atoms with E-state index < -0.39 is 0 Å².